The molecule has 6 nitrogen and oxygen atoms in total. The molecule has 3 aromatic heterocycles. The summed E-state index contributed by atoms with van der Waals surface area (Å²) in [7, 11) is 0. The molecule has 7 rings (SSSR count). The summed E-state index contributed by atoms with van der Waals surface area (Å²) in [6.07, 6.45) is 17.4. The largest absolute Gasteiger partial charge is 0.384 e. The van der Waals surface area contributed by atoms with Gasteiger partial charge in [0.1, 0.15) is 0 Å². The number of aromatic nitrogens is 3. The summed E-state index contributed by atoms with van der Waals surface area (Å²) in [4.78, 5) is 22.5. The third-order valence-electron chi connectivity index (χ3n) is 12.7. The lowest BCUT2D eigenvalue weighted by molar-refractivity contribution is 0.721. The summed E-state index contributed by atoms with van der Waals surface area (Å²) in [5.41, 5.74) is 25.9. The lowest BCUT2D eigenvalue weighted by atomic mass is 9.95. The Hall–Kier alpha value is -4.84. The van der Waals surface area contributed by atoms with E-state index in [1.54, 1.807) is 0 Å². The van der Waals surface area contributed by atoms with Crippen LogP contribution in [-0.2, 0) is 19.3 Å². The molecule has 0 fully saturated rings. The minimum atomic E-state index is 0.209. The number of hydrogen-bond donors (Lipinski definition) is 4. The van der Waals surface area contributed by atoms with Crippen molar-refractivity contribution in [1.82, 2.24) is 20.3 Å². The summed E-state index contributed by atoms with van der Waals surface area (Å²) >= 11 is 0. The summed E-state index contributed by atoms with van der Waals surface area (Å²) < 4.78 is 0. The van der Waals surface area contributed by atoms with Gasteiger partial charge in [-0.1, -0.05) is 47.6 Å². The van der Waals surface area contributed by atoms with Crippen molar-refractivity contribution in [2.45, 2.75) is 128 Å². The van der Waals surface area contributed by atoms with Crippen LogP contribution in [0.1, 0.15) is 144 Å². The maximum atomic E-state index is 5.41. The van der Waals surface area contributed by atoms with Gasteiger partial charge in [-0.2, -0.15) is 0 Å². The Morgan fingerprint density at radius 2 is 1.22 bits per heavy atom. The number of hydrogen-bond acceptors (Lipinski definition) is 3. The van der Waals surface area contributed by atoms with E-state index in [9.17, 15) is 0 Å². The van der Waals surface area contributed by atoms with Gasteiger partial charge in [-0.25, -0.2) is 9.98 Å². The van der Waals surface area contributed by atoms with Crippen molar-refractivity contribution >= 4 is 23.6 Å². The zero-order valence-electron chi connectivity index (χ0n) is 34.8. The number of aromatic amines is 3. The molecule has 4 N–H and O–H groups in total. The van der Waals surface area contributed by atoms with Crippen LogP contribution in [0.25, 0.3) is 12.2 Å². The summed E-state index contributed by atoms with van der Waals surface area (Å²) in [5.74, 6) is 0.209. The smallest absolute Gasteiger partial charge is 0.0907 e. The fourth-order valence-electron chi connectivity index (χ4n) is 9.60. The fourth-order valence-corrected chi connectivity index (χ4v) is 9.60. The van der Waals surface area contributed by atoms with Gasteiger partial charge < -0.3 is 20.3 Å². The maximum Gasteiger partial charge on any atom is 0.0907 e. The molecular formula is C48H60N6. The average molecular weight is 721 g/mol. The first-order chi connectivity index (χ1) is 26.0. The molecule has 4 aliphatic rings. The van der Waals surface area contributed by atoms with Crippen molar-refractivity contribution in [3.05, 3.63) is 136 Å². The third kappa shape index (κ3) is 6.12. The molecule has 0 amide bonds. The van der Waals surface area contributed by atoms with Crippen molar-refractivity contribution in [3.8, 4) is 0 Å². The van der Waals surface area contributed by atoms with Gasteiger partial charge in [-0.3, -0.25) is 0 Å². The highest BCUT2D eigenvalue weighted by Crippen LogP contribution is 2.37. The van der Waals surface area contributed by atoms with Crippen molar-refractivity contribution in [2.75, 3.05) is 6.54 Å². The van der Waals surface area contributed by atoms with Crippen LogP contribution in [0.2, 0.25) is 0 Å². The van der Waals surface area contributed by atoms with E-state index >= 15 is 0 Å². The number of aliphatic imine (C=N–C) groups is 2. The highest BCUT2D eigenvalue weighted by atomic mass is 14.9. The Morgan fingerprint density at radius 3 is 1.89 bits per heavy atom. The average Bonchev–Trinajstić information content (AvgIpc) is 3.88. The minimum Gasteiger partial charge on any atom is -0.384 e. The molecule has 7 heterocycles. The van der Waals surface area contributed by atoms with E-state index in [0.717, 1.165) is 79.3 Å². The fraction of sp³-hybridized carbons (Fsp3) is 0.417. The molecule has 0 aliphatic carbocycles. The number of nitrogens with zero attached hydrogens (tertiary/aromatic N) is 2. The molecule has 12 bridgehead atoms. The quantitative estimate of drug-likeness (QED) is 0.201. The van der Waals surface area contributed by atoms with E-state index in [0.29, 0.717) is 0 Å². The summed E-state index contributed by atoms with van der Waals surface area (Å²) in [5, 5.41) is 6.26. The molecule has 1 unspecified atom stereocenters. The number of rotatable bonds is 6. The lowest BCUT2D eigenvalue weighted by Gasteiger charge is -2.15. The summed E-state index contributed by atoms with van der Waals surface area (Å²) in [6, 6.07) is 0. The van der Waals surface area contributed by atoms with Crippen molar-refractivity contribution in [2.24, 2.45) is 9.98 Å². The molecule has 0 aromatic carbocycles. The van der Waals surface area contributed by atoms with E-state index in [1.165, 1.54) is 94.6 Å². The SMILES string of the molecule is CCC1=C2/C=C3N=C(/C=C4\N=C(C(C)=C4CC)c4[nH]c(c(CC)c4C)C=c4[nH]/c(c(C)c4CC)=C\c4[nH]c(c(C)c4CC)C(C=C1C)CN2)C(CC)=C\3C. The molecular weight excluding hydrogens is 661 g/mol. The van der Waals surface area contributed by atoms with Crippen LogP contribution in [0.15, 0.2) is 78.7 Å². The second-order valence-electron chi connectivity index (χ2n) is 15.5. The highest BCUT2D eigenvalue weighted by Gasteiger charge is 2.28. The van der Waals surface area contributed by atoms with Gasteiger partial charge in [0, 0.05) is 45.9 Å². The van der Waals surface area contributed by atoms with Crippen LogP contribution in [-0.4, -0.2) is 32.9 Å². The maximum absolute atomic E-state index is 5.41. The first-order valence-electron chi connectivity index (χ1n) is 20.5. The van der Waals surface area contributed by atoms with Gasteiger partial charge in [0.2, 0.25) is 0 Å². The zero-order chi connectivity index (χ0) is 38.6. The second kappa shape index (κ2) is 14.8. The Kier molecular flexibility index (Phi) is 10.2. The number of allylic oxidation sites excluding steroid dienone is 8. The first kappa shape index (κ1) is 37.5. The van der Waals surface area contributed by atoms with E-state index in [2.05, 4.69) is 134 Å². The molecule has 0 saturated carbocycles. The van der Waals surface area contributed by atoms with Gasteiger partial charge in [-0.05, 0) is 171 Å². The van der Waals surface area contributed by atoms with Crippen LogP contribution in [0.4, 0.5) is 0 Å². The predicted molar refractivity (Wildman–Crippen MR) is 229 cm³/mol. The van der Waals surface area contributed by atoms with Crippen molar-refractivity contribution in [1.29, 1.82) is 0 Å². The van der Waals surface area contributed by atoms with E-state index in [4.69, 9.17) is 9.98 Å². The molecule has 0 saturated heterocycles. The van der Waals surface area contributed by atoms with Crippen molar-refractivity contribution < 1.29 is 0 Å². The Balaban J connectivity index is 1.53. The van der Waals surface area contributed by atoms with Crippen LogP contribution >= 0.6 is 0 Å². The molecule has 6 heteroatoms. The van der Waals surface area contributed by atoms with Gasteiger partial charge in [0.15, 0.2) is 0 Å². The lowest BCUT2D eigenvalue weighted by Crippen LogP contribution is -2.20. The minimum absolute atomic E-state index is 0.209. The third-order valence-corrected chi connectivity index (χ3v) is 12.7. The van der Waals surface area contributed by atoms with Gasteiger partial charge in [-0.15, -0.1) is 0 Å². The summed E-state index contributed by atoms with van der Waals surface area (Å²) in [6.45, 7) is 28.0. The Morgan fingerprint density at radius 1 is 0.574 bits per heavy atom. The van der Waals surface area contributed by atoms with Crippen LogP contribution < -0.4 is 16.0 Å². The van der Waals surface area contributed by atoms with Gasteiger partial charge in [0.25, 0.3) is 0 Å². The Labute approximate surface area is 322 Å². The van der Waals surface area contributed by atoms with Crippen LogP contribution in [0.5, 0.6) is 0 Å². The topological polar surface area (TPSA) is 84.1 Å². The van der Waals surface area contributed by atoms with E-state index in [-0.39, 0.29) is 5.92 Å². The second-order valence-corrected chi connectivity index (χ2v) is 15.5. The molecule has 0 spiro atoms. The number of H-pyrrole nitrogens is 3. The van der Waals surface area contributed by atoms with Gasteiger partial charge >= 0.3 is 0 Å². The molecule has 54 heavy (non-hydrogen) atoms. The standard InChI is InChI=1S/C48H60N6/c1-13-32-25(7)19-31-24-49-40(32)20-38-26(8)33(14-2)41(50-38)22-44-36(17-5)29(11)47(53-44)48-30(12)37(18-6)45(54-48)23-42-34(15-3)27(9)39(51-42)21-43-35(16-4)28(10)46(31)52-43/h19-23,31,49,51-52,54H,13-18,24H2,1-12H3/b38-20-,39-21-,42-23?,44-22-. The normalized spacial score (nSPS) is 21.1. The Bertz CT molecular complexity index is 2440. The van der Waals surface area contributed by atoms with Crippen molar-refractivity contribution in [3.63, 3.8) is 0 Å². The van der Waals surface area contributed by atoms with Crippen LogP contribution in [0.3, 0.4) is 0 Å². The molecule has 1 atom stereocenters. The van der Waals surface area contributed by atoms with E-state index in [1.807, 2.05) is 0 Å². The van der Waals surface area contributed by atoms with Crippen LogP contribution in [0, 0.1) is 20.8 Å². The first-order valence-corrected chi connectivity index (χ1v) is 20.5. The van der Waals surface area contributed by atoms with Gasteiger partial charge in [0.05, 0.1) is 28.5 Å². The highest BCUT2D eigenvalue weighted by molar-refractivity contribution is 6.18. The zero-order valence-corrected chi connectivity index (χ0v) is 34.8. The number of fused-ring (bicyclic) bond motifs is 13. The predicted octanol–water partition coefficient (Wildman–Crippen LogP) is 9.73. The monoisotopic (exact) mass is 720 g/mol. The number of nitrogens with one attached hydrogen (secondary N) is 4. The molecule has 3 aromatic rings. The molecule has 282 valence electrons. The molecule has 4 aliphatic heterocycles. The molecule has 0 radical (unpaired) electrons. The van der Waals surface area contributed by atoms with E-state index < -0.39 is 0 Å².